The summed E-state index contributed by atoms with van der Waals surface area (Å²) in [5, 5.41) is 3.67. The van der Waals surface area contributed by atoms with Crippen molar-refractivity contribution >= 4 is 0 Å². The van der Waals surface area contributed by atoms with Gasteiger partial charge in [0.25, 0.3) is 0 Å². The van der Waals surface area contributed by atoms with E-state index in [4.69, 9.17) is 0 Å². The summed E-state index contributed by atoms with van der Waals surface area (Å²) >= 11 is 0. The van der Waals surface area contributed by atoms with E-state index in [1.807, 2.05) is 0 Å². The molecule has 90 valence electrons. The lowest BCUT2D eigenvalue weighted by Crippen LogP contribution is -2.33. The molecule has 0 amide bonds. The van der Waals surface area contributed by atoms with Gasteiger partial charge in [-0.25, -0.2) is 0 Å². The van der Waals surface area contributed by atoms with Gasteiger partial charge in [-0.3, -0.25) is 0 Å². The third-order valence-corrected chi connectivity index (χ3v) is 2.78. The van der Waals surface area contributed by atoms with Crippen molar-refractivity contribution in [2.45, 2.75) is 46.1 Å². The highest BCUT2D eigenvalue weighted by Crippen LogP contribution is 2.08. The zero-order valence-electron chi connectivity index (χ0n) is 10.9. The fraction of sp³-hybridized carbons (Fsp3) is 0.600. The molecule has 0 bridgehead atoms. The molecule has 1 aromatic rings. The van der Waals surface area contributed by atoms with Crippen LogP contribution in [0.4, 0.5) is 0 Å². The summed E-state index contributed by atoms with van der Waals surface area (Å²) in [5.74, 6) is 0.732. The average molecular weight is 219 g/mol. The van der Waals surface area contributed by atoms with Crippen LogP contribution in [-0.4, -0.2) is 12.6 Å². The smallest absolute Gasteiger partial charge is 0.0107 e. The summed E-state index contributed by atoms with van der Waals surface area (Å²) < 4.78 is 0. The van der Waals surface area contributed by atoms with Crippen LogP contribution in [0.1, 0.15) is 39.2 Å². The lowest BCUT2D eigenvalue weighted by Gasteiger charge is -2.19. The fourth-order valence-electron chi connectivity index (χ4n) is 1.93. The van der Waals surface area contributed by atoms with Crippen molar-refractivity contribution in [3.8, 4) is 0 Å². The molecule has 0 fully saturated rings. The van der Waals surface area contributed by atoms with Gasteiger partial charge in [0.15, 0.2) is 0 Å². The minimum atomic E-state index is 0.634. The third kappa shape index (κ3) is 5.32. The van der Waals surface area contributed by atoms with Crippen molar-refractivity contribution in [1.82, 2.24) is 5.32 Å². The van der Waals surface area contributed by atoms with Crippen LogP contribution in [0.15, 0.2) is 30.3 Å². The maximum atomic E-state index is 3.67. The first-order valence-electron chi connectivity index (χ1n) is 6.49. The molecule has 1 N–H and O–H groups in total. The van der Waals surface area contributed by atoms with E-state index in [2.05, 4.69) is 56.4 Å². The first kappa shape index (κ1) is 13.2. The largest absolute Gasteiger partial charge is 0.313 e. The van der Waals surface area contributed by atoms with Crippen LogP contribution >= 0.6 is 0 Å². The van der Waals surface area contributed by atoms with E-state index >= 15 is 0 Å². The second-order valence-electron chi connectivity index (χ2n) is 4.98. The Labute approximate surface area is 100 Å². The van der Waals surface area contributed by atoms with Crippen molar-refractivity contribution < 1.29 is 0 Å². The highest BCUT2D eigenvalue weighted by Gasteiger charge is 2.08. The first-order chi connectivity index (χ1) is 7.72. The SMILES string of the molecule is CCCC(Cc1ccccc1)NCC(C)C. The molecule has 1 atom stereocenters. The highest BCUT2D eigenvalue weighted by molar-refractivity contribution is 5.15. The second kappa shape index (κ2) is 7.45. The van der Waals surface area contributed by atoms with Crippen LogP contribution in [-0.2, 0) is 6.42 Å². The Morgan fingerprint density at radius 3 is 2.38 bits per heavy atom. The van der Waals surface area contributed by atoms with E-state index in [-0.39, 0.29) is 0 Å². The standard InChI is InChI=1S/C15H25N/c1-4-8-15(16-12-13(2)3)11-14-9-6-5-7-10-14/h5-7,9-10,13,15-16H,4,8,11-12H2,1-3H3. The molecule has 0 radical (unpaired) electrons. The molecule has 0 aromatic heterocycles. The van der Waals surface area contributed by atoms with Gasteiger partial charge in [-0.1, -0.05) is 57.5 Å². The maximum Gasteiger partial charge on any atom is 0.0107 e. The third-order valence-electron chi connectivity index (χ3n) is 2.78. The lowest BCUT2D eigenvalue weighted by atomic mass is 10.0. The van der Waals surface area contributed by atoms with Gasteiger partial charge in [-0.05, 0) is 30.9 Å². The van der Waals surface area contributed by atoms with E-state index in [9.17, 15) is 0 Å². The first-order valence-corrected chi connectivity index (χ1v) is 6.49. The summed E-state index contributed by atoms with van der Waals surface area (Å²) in [7, 11) is 0. The Hall–Kier alpha value is -0.820. The summed E-state index contributed by atoms with van der Waals surface area (Å²) in [6, 6.07) is 11.4. The molecular formula is C15H25N. The molecule has 0 saturated heterocycles. The van der Waals surface area contributed by atoms with Crippen molar-refractivity contribution in [1.29, 1.82) is 0 Å². The molecule has 1 unspecified atom stereocenters. The highest BCUT2D eigenvalue weighted by atomic mass is 14.9. The van der Waals surface area contributed by atoms with E-state index < -0.39 is 0 Å². The Kier molecular flexibility index (Phi) is 6.17. The van der Waals surface area contributed by atoms with Gasteiger partial charge in [0, 0.05) is 6.04 Å². The summed E-state index contributed by atoms with van der Waals surface area (Å²) in [6.07, 6.45) is 3.67. The normalized spacial score (nSPS) is 13.0. The number of nitrogens with one attached hydrogen (secondary N) is 1. The topological polar surface area (TPSA) is 12.0 Å². The van der Waals surface area contributed by atoms with Crippen molar-refractivity contribution in [2.24, 2.45) is 5.92 Å². The molecule has 0 aliphatic carbocycles. The Morgan fingerprint density at radius 2 is 1.81 bits per heavy atom. The minimum absolute atomic E-state index is 0.634. The van der Waals surface area contributed by atoms with Gasteiger partial charge in [0.2, 0.25) is 0 Å². The second-order valence-corrected chi connectivity index (χ2v) is 4.98. The van der Waals surface area contributed by atoms with Crippen LogP contribution in [0, 0.1) is 5.92 Å². The summed E-state index contributed by atoms with van der Waals surface area (Å²) in [5.41, 5.74) is 1.44. The predicted octanol–water partition coefficient (Wildman–Crippen LogP) is 3.64. The monoisotopic (exact) mass is 219 g/mol. The van der Waals surface area contributed by atoms with E-state index in [0.717, 1.165) is 18.9 Å². The molecule has 0 aliphatic heterocycles. The van der Waals surface area contributed by atoms with Gasteiger partial charge in [0.05, 0.1) is 0 Å². The van der Waals surface area contributed by atoms with Gasteiger partial charge in [0.1, 0.15) is 0 Å². The molecule has 0 heterocycles. The van der Waals surface area contributed by atoms with Crippen LogP contribution in [0.25, 0.3) is 0 Å². The maximum absolute atomic E-state index is 3.67. The minimum Gasteiger partial charge on any atom is -0.313 e. The molecule has 1 aromatic carbocycles. The number of hydrogen-bond donors (Lipinski definition) is 1. The van der Waals surface area contributed by atoms with Gasteiger partial charge >= 0.3 is 0 Å². The van der Waals surface area contributed by atoms with Crippen molar-refractivity contribution in [3.63, 3.8) is 0 Å². The fourth-order valence-corrected chi connectivity index (χ4v) is 1.93. The van der Waals surface area contributed by atoms with Crippen LogP contribution in [0.2, 0.25) is 0 Å². The van der Waals surface area contributed by atoms with Gasteiger partial charge < -0.3 is 5.32 Å². The predicted molar refractivity (Wildman–Crippen MR) is 71.7 cm³/mol. The van der Waals surface area contributed by atoms with Gasteiger partial charge in [-0.2, -0.15) is 0 Å². The summed E-state index contributed by atoms with van der Waals surface area (Å²) in [6.45, 7) is 7.91. The van der Waals surface area contributed by atoms with Crippen LogP contribution < -0.4 is 5.32 Å². The quantitative estimate of drug-likeness (QED) is 0.738. The Bertz CT molecular complexity index is 266. The number of benzene rings is 1. The Morgan fingerprint density at radius 1 is 1.12 bits per heavy atom. The van der Waals surface area contributed by atoms with Gasteiger partial charge in [-0.15, -0.1) is 0 Å². The van der Waals surface area contributed by atoms with Crippen LogP contribution in [0.5, 0.6) is 0 Å². The molecule has 16 heavy (non-hydrogen) atoms. The Balaban J connectivity index is 2.44. The molecular weight excluding hydrogens is 194 g/mol. The molecule has 1 heteroatoms. The van der Waals surface area contributed by atoms with Crippen molar-refractivity contribution in [2.75, 3.05) is 6.54 Å². The van der Waals surface area contributed by atoms with E-state index in [1.54, 1.807) is 0 Å². The zero-order valence-corrected chi connectivity index (χ0v) is 10.9. The zero-order chi connectivity index (χ0) is 11.8. The molecule has 0 aliphatic rings. The number of rotatable bonds is 7. The van der Waals surface area contributed by atoms with Crippen LogP contribution in [0.3, 0.4) is 0 Å². The van der Waals surface area contributed by atoms with E-state index in [0.29, 0.717) is 6.04 Å². The molecule has 1 rings (SSSR count). The van der Waals surface area contributed by atoms with Crippen molar-refractivity contribution in [3.05, 3.63) is 35.9 Å². The average Bonchev–Trinajstić information content (AvgIpc) is 2.27. The molecule has 0 saturated carbocycles. The number of hydrogen-bond acceptors (Lipinski definition) is 1. The molecule has 0 spiro atoms. The summed E-state index contributed by atoms with van der Waals surface area (Å²) in [4.78, 5) is 0. The lowest BCUT2D eigenvalue weighted by molar-refractivity contribution is 0.435. The van der Waals surface area contributed by atoms with E-state index in [1.165, 1.54) is 18.4 Å². The molecule has 1 nitrogen and oxygen atoms in total.